The van der Waals surface area contributed by atoms with Gasteiger partial charge in [0.05, 0.1) is 12.4 Å². The molecule has 1 saturated heterocycles. The third kappa shape index (κ3) is 1.97. The molecule has 1 unspecified atom stereocenters. The number of nitrogens with two attached hydrogens (primary N) is 1. The van der Waals surface area contributed by atoms with Crippen molar-refractivity contribution < 1.29 is 0 Å². The Hall–Kier alpha value is -0.680. The van der Waals surface area contributed by atoms with Crippen LogP contribution < -0.4 is 10.6 Å². The van der Waals surface area contributed by atoms with Gasteiger partial charge in [-0.25, -0.2) is 9.97 Å². The van der Waals surface area contributed by atoms with Gasteiger partial charge in [-0.3, -0.25) is 0 Å². The number of aromatic nitrogens is 2. The fourth-order valence-electron chi connectivity index (χ4n) is 1.46. The maximum atomic E-state index is 5.79. The second kappa shape index (κ2) is 3.59. The Morgan fingerprint density at radius 1 is 1.46 bits per heavy atom. The molecular formula is C8H11BrN4. The fourth-order valence-corrected chi connectivity index (χ4v) is 1.67. The van der Waals surface area contributed by atoms with Crippen LogP contribution >= 0.6 is 15.9 Å². The van der Waals surface area contributed by atoms with Crippen LogP contribution in [-0.4, -0.2) is 29.1 Å². The zero-order chi connectivity index (χ0) is 9.26. The predicted octanol–water partition coefficient (Wildman–Crippen LogP) is 0.776. The van der Waals surface area contributed by atoms with Crippen LogP contribution in [0.3, 0.4) is 0 Å². The highest BCUT2D eigenvalue weighted by Gasteiger charge is 2.19. The summed E-state index contributed by atoms with van der Waals surface area (Å²) in [6.07, 6.45) is 4.51. The van der Waals surface area contributed by atoms with E-state index in [0.29, 0.717) is 0 Å². The van der Waals surface area contributed by atoms with Crippen molar-refractivity contribution in [1.29, 1.82) is 0 Å². The van der Waals surface area contributed by atoms with Crippen LogP contribution in [0.2, 0.25) is 0 Å². The van der Waals surface area contributed by atoms with Gasteiger partial charge in [0.1, 0.15) is 10.4 Å². The summed E-state index contributed by atoms with van der Waals surface area (Å²) >= 11 is 3.25. The van der Waals surface area contributed by atoms with E-state index in [9.17, 15) is 0 Å². The molecular weight excluding hydrogens is 232 g/mol. The highest BCUT2D eigenvalue weighted by molar-refractivity contribution is 9.10. The number of rotatable bonds is 1. The van der Waals surface area contributed by atoms with Gasteiger partial charge in [-0.15, -0.1) is 0 Å². The van der Waals surface area contributed by atoms with Crippen molar-refractivity contribution in [3.8, 4) is 0 Å². The minimum Gasteiger partial charge on any atom is -0.354 e. The molecule has 2 rings (SSSR count). The van der Waals surface area contributed by atoms with Crippen LogP contribution in [0.5, 0.6) is 0 Å². The molecule has 1 atom stereocenters. The lowest BCUT2D eigenvalue weighted by molar-refractivity contribution is 0.751. The van der Waals surface area contributed by atoms with Crippen LogP contribution in [0.25, 0.3) is 0 Å². The average molecular weight is 243 g/mol. The maximum Gasteiger partial charge on any atom is 0.147 e. The molecule has 0 bridgehead atoms. The van der Waals surface area contributed by atoms with Gasteiger partial charge >= 0.3 is 0 Å². The zero-order valence-corrected chi connectivity index (χ0v) is 8.74. The summed E-state index contributed by atoms with van der Waals surface area (Å²) in [5.74, 6) is 0.913. The summed E-state index contributed by atoms with van der Waals surface area (Å²) in [6, 6.07) is 0.283. The lowest BCUT2D eigenvalue weighted by Gasteiger charge is -2.15. The number of nitrogens with zero attached hydrogens (tertiary/aromatic N) is 3. The molecule has 1 aromatic rings. The summed E-state index contributed by atoms with van der Waals surface area (Å²) in [6.45, 7) is 1.87. The van der Waals surface area contributed by atoms with Crippen molar-refractivity contribution >= 4 is 21.7 Å². The quantitative estimate of drug-likeness (QED) is 0.791. The molecule has 5 heteroatoms. The molecule has 0 aromatic carbocycles. The molecule has 1 aliphatic rings. The number of halogens is 1. The minimum atomic E-state index is 0.283. The lowest BCUT2D eigenvalue weighted by Crippen LogP contribution is -2.26. The van der Waals surface area contributed by atoms with E-state index < -0.39 is 0 Å². The molecule has 1 aliphatic heterocycles. The van der Waals surface area contributed by atoms with Crippen molar-refractivity contribution in [1.82, 2.24) is 9.97 Å². The summed E-state index contributed by atoms with van der Waals surface area (Å²) in [7, 11) is 0. The van der Waals surface area contributed by atoms with Gasteiger partial charge in [0.25, 0.3) is 0 Å². The average Bonchev–Trinajstić information content (AvgIpc) is 2.53. The Balaban J connectivity index is 2.13. The van der Waals surface area contributed by atoms with Crippen molar-refractivity contribution in [2.24, 2.45) is 5.73 Å². The molecule has 4 nitrogen and oxygen atoms in total. The monoisotopic (exact) mass is 242 g/mol. The second-order valence-corrected chi connectivity index (χ2v) is 4.00. The van der Waals surface area contributed by atoms with E-state index in [1.807, 2.05) is 0 Å². The van der Waals surface area contributed by atoms with Gasteiger partial charge in [-0.2, -0.15) is 0 Å². The Morgan fingerprint density at radius 2 is 2.31 bits per heavy atom. The summed E-state index contributed by atoms with van der Waals surface area (Å²) < 4.78 is 0.764. The summed E-state index contributed by atoms with van der Waals surface area (Å²) in [5, 5.41) is 0. The molecule has 70 valence electrons. The maximum absolute atomic E-state index is 5.79. The highest BCUT2D eigenvalue weighted by Crippen LogP contribution is 2.16. The first kappa shape index (κ1) is 8.90. The van der Waals surface area contributed by atoms with Crippen molar-refractivity contribution in [2.75, 3.05) is 18.0 Å². The first-order chi connectivity index (χ1) is 6.25. The molecule has 0 spiro atoms. The standard InChI is InChI=1S/C8H11BrN4/c9-7-3-12-8(4-11-7)13-2-1-6(10)5-13/h3-4,6H,1-2,5,10H2. The lowest BCUT2D eigenvalue weighted by atomic mass is 10.3. The van der Waals surface area contributed by atoms with Gasteiger partial charge in [0, 0.05) is 19.1 Å². The SMILES string of the molecule is NC1CCN(c2cnc(Br)cn2)C1. The van der Waals surface area contributed by atoms with Crippen LogP contribution in [-0.2, 0) is 0 Å². The van der Waals surface area contributed by atoms with Crippen molar-refractivity contribution in [3.63, 3.8) is 0 Å². The Labute approximate surface area is 85.3 Å². The van der Waals surface area contributed by atoms with Gasteiger partial charge in [0.15, 0.2) is 0 Å². The zero-order valence-electron chi connectivity index (χ0n) is 7.15. The molecule has 0 amide bonds. The third-order valence-electron chi connectivity index (χ3n) is 2.16. The Morgan fingerprint density at radius 3 is 2.85 bits per heavy atom. The topological polar surface area (TPSA) is 55.0 Å². The van der Waals surface area contributed by atoms with Crippen LogP contribution in [0.1, 0.15) is 6.42 Å². The van der Waals surface area contributed by atoms with Crippen molar-refractivity contribution in [2.45, 2.75) is 12.5 Å². The molecule has 13 heavy (non-hydrogen) atoms. The van der Waals surface area contributed by atoms with Crippen LogP contribution in [0.4, 0.5) is 5.82 Å². The van der Waals surface area contributed by atoms with E-state index in [4.69, 9.17) is 5.73 Å². The predicted molar refractivity (Wildman–Crippen MR) is 54.5 cm³/mol. The van der Waals surface area contributed by atoms with Gasteiger partial charge in [0.2, 0.25) is 0 Å². The first-order valence-corrected chi connectivity index (χ1v) is 5.03. The molecule has 2 heterocycles. The van der Waals surface area contributed by atoms with Crippen molar-refractivity contribution in [3.05, 3.63) is 17.0 Å². The minimum absolute atomic E-state index is 0.283. The molecule has 0 aliphatic carbocycles. The first-order valence-electron chi connectivity index (χ1n) is 4.24. The largest absolute Gasteiger partial charge is 0.354 e. The third-order valence-corrected chi connectivity index (χ3v) is 2.56. The van der Waals surface area contributed by atoms with Gasteiger partial charge < -0.3 is 10.6 Å². The number of hydrogen-bond acceptors (Lipinski definition) is 4. The Bertz CT molecular complexity index is 287. The highest BCUT2D eigenvalue weighted by atomic mass is 79.9. The summed E-state index contributed by atoms with van der Waals surface area (Å²) in [5.41, 5.74) is 5.79. The molecule has 1 aromatic heterocycles. The molecule has 0 saturated carbocycles. The number of hydrogen-bond donors (Lipinski definition) is 1. The van der Waals surface area contributed by atoms with E-state index in [-0.39, 0.29) is 6.04 Å². The van der Waals surface area contributed by atoms with E-state index in [2.05, 4.69) is 30.8 Å². The smallest absolute Gasteiger partial charge is 0.147 e. The van der Waals surface area contributed by atoms with E-state index in [0.717, 1.165) is 29.9 Å². The van der Waals surface area contributed by atoms with E-state index in [1.165, 1.54) is 0 Å². The fraction of sp³-hybridized carbons (Fsp3) is 0.500. The second-order valence-electron chi connectivity index (χ2n) is 3.19. The summed E-state index contributed by atoms with van der Waals surface area (Å²) in [4.78, 5) is 10.5. The molecule has 0 radical (unpaired) electrons. The van der Waals surface area contributed by atoms with Gasteiger partial charge in [-0.05, 0) is 22.4 Å². The van der Waals surface area contributed by atoms with Crippen LogP contribution in [0, 0.1) is 0 Å². The number of anilines is 1. The van der Waals surface area contributed by atoms with Gasteiger partial charge in [-0.1, -0.05) is 0 Å². The Kier molecular flexibility index (Phi) is 2.46. The molecule has 1 fully saturated rings. The van der Waals surface area contributed by atoms with E-state index in [1.54, 1.807) is 12.4 Å². The van der Waals surface area contributed by atoms with Crippen LogP contribution in [0.15, 0.2) is 17.0 Å². The normalized spacial score (nSPS) is 22.3. The molecule has 2 N–H and O–H groups in total. The van der Waals surface area contributed by atoms with E-state index >= 15 is 0 Å².